The molecule has 1 amide bonds. The zero-order chi connectivity index (χ0) is 14.9. The van der Waals surface area contributed by atoms with Crippen molar-refractivity contribution in [2.75, 3.05) is 18.1 Å². The Hall–Kier alpha value is -1.35. The zero-order valence-electron chi connectivity index (χ0n) is 10.3. The topological polar surface area (TPSA) is 105 Å². The minimum Gasteiger partial charge on any atom is -0.481 e. The fraction of sp³-hybridized carbons (Fsp3) is 0.455. The normalized spacial score (nSPS) is 21.6. The van der Waals surface area contributed by atoms with Crippen LogP contribution in [0.25, 0.3) is 0 Å². The minimum absolute atomic E-state index is 0.0171. The molecule has 1 aromatic rings. The number of carboxylic acid groups (broad SMARTS) is 1. The number of carbonyl (C=O) groups is 2. The van der Waals surface area contributed by atoms with Gasteiger partial charge in [-0.05, 0) is 22.0 Å². The molecule has 0 bridgehead atoms. The van der Waals surface area contributed by atoms with Crippen LogP contribution in [0.2, 0.25) is 0 Å². The number of carbonyl (C=O) groups excluding carboxylic acids is 1. The smallest absolute Gasteiger partial charge is 0.305 e. The summed E-state index contributed by atoms with van der Waals surface area (Å²) >= 11 is 3.08. The average molecular weight is 366 g/mol. The van der Waals surface area contributed by atoms with Crippen LogP contribution in [0.15, 0.2) is 21.4 Å². The molecular formula is C11H12BrNO6S. The van der Waals surface area contributed by atoms with E-state index in [4.69, 9.17) is 9.52 Å². The van der Waals surface area contributed by atoms with Gasteiger partial charge in [0.05, 0.1) is 35.8 Å². The van der Waals surface area contributed by atoms with Crippen LogP contribution in [-0.4, -0.2) is 54.4 Å². The highest BCUT2D eigenvalue weighted by molar-refractivity contribution is 9.10. The van der Waals surface area contributed by atoms with Gasteiger partial charge in [0.15, 0.2) is 14.5 Å². The van der Waals surface area contributed by atoms with Crippen molar-refractivity contribution in [2.45, 2.75) is 12.5 Å². The van der Waals surface area contributed by atoms with Crippen LogP contribution >= 0.6 is 15.9 Å². The van der Waals surface area contributed by atoms with Crippen molar-refractivity contribution in [3.63, 3.8) is 0 Å². The molecule has 2 rings (SSSR count). The molecule has 2 heterocycles. The van der Waals surface area contributed by atoms with Crippen LogP contribution in [0, 0.1) is 0 Å². The zero-order valence-corrected chi connectivity index (χ0v) is 12.7. The van der Waals surface area contributed by atoms with E-state index in [1.807, 2.05) is 0 Å². The number of halogens is 1. The van der Waals surface area contributed by atoms with Crippen molar-refractivity contribution in [1.82, 2.24) is 4.90 Å². The van der Waals surface area contributed by atoms with Gasteiger partial charge in [0.25, 0.3) is 5.91 Å². The van der Waals surface area contributed by atoms with Crippen molar-refractivity contribution in [3.05, 3.63) is 22.6 Å². The van der Waals surface area contributed by atoms with Gasteiger partial charge < -0.3 is 14.4 Å². The van der Waals surface area contributed by atoms with Crippen molar-refractivity contribution in [2.24, 2.45) is 0 Å². The van der Waals surface area contributed by atoms with Gasteiger partial charge in [0, 0.05) is 6.54 Å². The van der Waals surface area contributed by atoms with Gasteiger partial charge in [-0.3, -0.25) is 9.59 Å². The highest BCUT2D eigenvalue weighted by Gasteiger charge is 2.36. The second kappa shape index (κ2) is 5.57. The largest absolute Gasteiger partial charge is 0.481 e. The second-order valence-corrected chi connectivity index (χ2v) is 7.42. The van der Waals surface area contributed by atoms with Gasteiger partial charge in [-0.25, -0.2) is 8.42 Å². The molecule has 0 spiro atoms. The van der Waals surface area contributed by atoms with E-state index >= 15 is 0 Å². The Balaban J connectivity index is 2.26. The van der Waals surface area contributed by atoms with Crippen LogP contribution in [0.5, 0.6) is 0 Å². The quantitative estimate of drug-likeness (QED) is 0.847. The third-order valence-electron chi connectivity index (χ3n) is 3.05. The van der Waals surface area contributed by atoms with E-state index in [2.05, 4.69) is 15.9 Å². The molecule has 7 nitrogen and oxygen atoms in total. The third-order valence-corrected chi connectivity index (χ3v) is 5.36. The molecule has 1 aromatic heterocycles. The second-order valence-electron chi connectivity index (χ2n) is 4.47. The lowest BCUT2D eigenvalue weighted by Crippen LogP contribution is -2.52. The summed E-state index contributed by atoms with van der Waals surface area (Å²) in [6, 6.07) is 0.591. The number of furan rings is 1. The first-order valence-electron chi connectivity index (χ1n) is 5.76. The number of sulfone groups is 1. The fourth-order valence-electron chi connectivity index (χ4n) is 2.13. The van der Waals surface area contributed by atoms with Gasteiger partial charge in [-0.15, -0.1) is 0 Å². The molecule has 1 atom stereocenters. The fourth-order valence-corrected chi connectivity index (χ4v) is 4.06. The monoisotopic (exact) mass is 365 g/mol. The van der Waals surface area contributed by atoms with E-state index in [0.29, 0.717) is 0 Å². The van der Waals surface area contributed by atoms with Gasteiger partial charge in [0.1, 0.15) is 0 Å². The maximum atomic E-state index is 12.3. The molecule has 1 aliphatic heterocycles. The van der Waals surface area contributed by atoms with Gasteiger partial charge in [0.2, 0.25) is 0 Å². The maximum absolute atomic E-state index is 12.3. The van der Waals surface area contributed by atoms with Crippen LogP contribution in [0.1, 0.15) is 16.8 Å². The minimum atomic E-state index is -3.32. The molecule has 20 heavy (non-hydrogen) atoms. The van der Waals surface area contributed by atoms with Crippen LogP contribution < -0.4 is 0 Å². The number of amides is 1. The summed E-state index contributed by atoms with van der Waals surface area (Å²) in [5.74, 6) is -2.08. The molecule has 1 unspecified atom stereocenters. The average Bonchev–Trinajstić information content (AvgIpc) is 2.73. The predicted octanol–water partition coefficient (Wildman–Crippen LogP) is 0.756. The summed E-state index contributed by atoms with van der Waals surface area (Å²) in [5.41, 5.74) is 0.250. The molecule has 1 N–H and O–H groups in total. The van der Waals surface area contributed by atoms with Crippen molar-refractivity contribution in [1.29, 1.82) is 0 Å². The van der Waals surface area contributed by atoms with Gasteiger partial charge in [-0.1, -0.05) is 0 Å². The van der Waals surface area contributed by atoms with E-state index in [1.165, 1.54) is 17.2 Å². The summed E-state index contributed by atoms with van der Waals surface area (Å²) in [7, 11) is -3.32. The maximum Gasteiger partial charge on any atom is 0.305 e. The Kier molecular flexibility index (Phi) is 4.19. The van der Waals surface area contributed by atoms with E-state index < -0.39 is 34.2 Å². The van der Waals surface area contributed by atoms with Gasteiger partial charge in [-0.2, -0.15) is 0 Å². The predicted molar refractivity (Wildman–Crippen MR) is 72.1 cm³/mol. The highest BCUT2D eigenvalue weighted by atomic mass is 79.9. The van der Waals surface area contributed by atoms with Crippen molar-refractivity contribution < 1.29 is 27.5 Å². The summed E-state index contributed by atoms with van der Waals surface area (Å²) in [6.07, 6.45) is 0.921. The molecule has 1 aliphatic rings. The highest BCUT2D eigenvalue weighted by Crippen LogP contribution is 2.23. The Morgan fingerprint density at radius 3 is 2.75 bits per heavy atom. The Bertz CT molecular complexity index is 637. The molecule has 1 saturated heterocycles. The number of nitrogens with zero attached hydrogens (tertiary/aromatic N) is 1. The van der Waals surface area contributed by atoms with E-state index in [9.17, 15) is 18.0 Å². The third kappa shape index (κ3) is 3.21. The van der Waals surface area contributed by atoms with E-state index in [1.54, 1.807) is 0 Å². The number of hydrogen-bond acceptors (Lipinski definition) is 5. The molecule has 110 valence electrons. The molecular weight excluding hydrogens is 354 g/mol. The molecule has 0 radical (unpaired) electrons. The summed E-state index contributed by atoms with van der Waals surface area (Å²) in [4.78, 5) is 24.5. The number of carboxylic acids is 1. The van der Waals surface area contributed by atoms with Crippen LogP contribution in [0.4, 0.5) is 0 Å². The lowest BCUT2D eigenvalue weighted by Gasteiger charge is -2.34. The van der Waals surface area contributed by atoms with E-state index in [0.717, 1.165) is 0 Å². The molecule has 9 heteroatoms. The molecule has 1 fully saturated rings. The van der Waals surface area contributed by atoms with Crippen molar-refractivity contribution >= 4 is 37.6 Å². The van der Waals surface area contributed by atoms with E-state index in [-0.39, 0.29) is 28.3 Å². The Morgan fingerprint density at radius 1 is 1.50 bits per heavy atom. The first-order valence-corrected chi connectivity index (χ1v) is 8.38. The Morgan fingerprint density at radius 2 is 2.20 bits per heavy atom. The first-order chi connectivity index (χ1) is 9.30. The first kappa shape index (κ1) is 15.0. The molecule has 0 aromatic carbocycles. The lowest BCUT2D eigenvalue weighted by atomic mass is 10.1. The SMILES string of the molecule is O=C(O)CC1CS(=O)(=O)CCN1C(=O)c1ccoc1Br. The molecule has 0 saturated carbocycles. The van der Waals surface area contributed by atoms with Crippen LogP contribution in [-0.2, 0) is 14.6 Å². The summed E-state index contributed by atoms with van der Waals surface area (Å²) in [5, 5.41) is 8.86. The number of aliphatic carboxylic acids is 1. The van der Waals surface area contributed by atoms with Crippen molar-refractivity contribution in [3.8, 4) is 0 Å². The van der Waals surface area contributed by atoms with Gasteiger partial charge >= 0.3 is 5.97 Å². The molecule has 0 aliphatic carbocycles. The summed E-state index contributed by atoms with van der Waals surface area (Å²) in [6.45, 7) is -0.0171. The lowest BCUT2D eigenvalue weighted by molar-refractivity contribution is -0.138. The number of hydrogen-bond donors (Lipinski definition) is 1. The number of rotatable bonds is 3. The summed E-state index contributed by atoms with van der Waals surface area (Å²) < 4.78 is 28.4. The van der Waals surface area contributed by atoms with Crippen LogP contribution in [0.3, 0.4) is 0 Å². The standard InChI is InChI=1S/C11H12BrNO6S/c12-10-8(1-3-19-10)11(16)13-2-4-20(17,18)6-7(13)5-9(14)15/h1,3,7H,2,4-6H2,(H,14,15). The Labute approximate surface area is 123 Å².